The Labute approximate surface area is 94.2 Å². The molecule has 0 radical (unpaired) electrons. The van der Waals surface area contributed by atoms with E-state index in [2.05, 4.69) is 46.0 Å². The lowest BCUT2D eigenvalue weighted by Crippen LogP contribution is -2.12. The minimum atomic E-state index is 0.418. The predicted octanol–water partition coefficient (Wildman–Crippen LogP) is 2.58. The highest BCUT2D eigenvalue weighted by atomic mass is 79.9. The van der Waals surface area contributed by atoms with Gasteiger partial charge in [0.25, 0.3) is 0 Å². The molecule has 0 saturated carbocycles. The molecule has 0 saturated heterocycles. The molecule has 1 aromatic carbocycles. The van der Waals surface area contributed by atoms with Gasteiger partial charge in [-0.1, -0.05) is 13.0 Å². The minimum Gasteiger partial charge on any atom is -0.377 e. The van der Waals surface area contributed by atoms with Crippen molar-refractivity contribution in [1.82, 2.24) is 0 Å². The van der Waals surface area contributed by atoms with E-state index in [1.807, 2.05) is 14.1 Å². The van der Waals surface area contributed by atoms with Gasteiger partial charge in [-0.25, -0.2) is 0 Å². The highest BCUT2D eigenvalue weighted by Crippen LogP contribution is 2.28. The van der Waals surface area contributed by atoms with Gasteiger partial charge in [0, 0.05) is 18.6 Å². The number of nitrogens with zero attached hydrogens (tertiary/aromatic N) is 1. The zero-order valence-corrected chi connectivity index (χ0v) is 10.5. The van der Waals surface area contributed by atoms with Crippen molar-refractivity contribution in [3.8, 4) is 0 Å². The summed E-state index contributed by atoms with van der Waals surface area (Å²) < 4.78 is 1.12. The smallest absolute Gasteiger partial charge is 0.0508 e. The van der Waals surface area contributed by atoms with Crippen LogP contribution in [0, 0.1) is 0 Å². The lowest BCUT2D eigenvalue weighted by Gasteiger charge is -2.18. The van der Waals surface area contributed by atoms with Crippen molar-refractivity contribution in [3.63, 3.8) is 0 Å². The Kier molecular flexibility index (Phi) is 3.96. The zero-order chi connectivity index (χ0) is 10.7. The topological polar surface area (TPSA) is 29.3 Å². The third-order valence-corrected chi connectivity index (χ3v) is 3.05. The largest absolute Gasteiger partial charge is 0.377 e. The summed E-state index contributed by atoms with van der Waals surface area (Å²) in [6, 6.07) is 6.38. The predicted molar refractivity (Wildman–Crippen MR) is 65.9 cm³/mol. The molecule has 0 aromatic heterocycles. The molecule has 3 heteroatoms. The molecule has 14 heavy (non-hydrogen) atoms. The minimum absolute atomic E-state index is 0.418. The number of anilines is 1. The van der Waals surface area contributed by atoms with Crippen molar-refractivity contribution in [2.75, 3.05) is 25.5 Å². The van der Waals surface area contributed by atoms with Gasteiger partial charge in [0.15, 0.2) is 0 Å². The van der Waals surface area contributed by atoms with Crippen molar-refractivity contribution >= 4 is 21.6 Å². The van der Waals surface area contributed by atoms with E-state index in [1.165, 1.54) is 11.3 Å². The number of benzene rings is 1. The Morgan fingerprint density at radius 3 is 2.57 bits per heavy atom. The van der Waals surface area contributed by atoms with Gasteiger partial charge in [0.1, 0.15) is 0 Å². The molecule has 0 aliphatic carbocycles. The van der Waals surface area contributed by atoms with Gasteiger partial charge in [-0.2, -0.15) is 0 Å². The van der Waals surface area contributed by atoms with E-state index in [-0.39, 0.29) is 0 Å². The number of rotatable bonds is 3. The van der Waals surface area contributed by atoms with Crippen LogP contribution < -0.4 is 10.6 Å². The molecule has 1 rings (SSSR count). The van der Waals surface area contributed by atoms with E-state index in [1.54, 1.807) is 0 Å². The molecule has 78 valence electrons. The van der Waals surface area contributed by atoms with Gasteiger partial charge in [0.2, 0.25) is 0 Å². The molecule has 1 aromatic rings. The fourth-order valence-corrected chi connectivity index (χ4v) is 1.92. The third kappa shape index (κ3) is 2.49. The SMILES string of the molecule is CC(CN)c1ccc(Br)c(N(C)C)c1. The van der Waals surface area contributed by atoms with Crippen LogP contribution in [0.2, 0.25) is 0 Å². The van der Waals surface area contributed by atoms with Crippen molar-refractivity contribution in [2.45, 2.75) is 12.8 Å². The number of halogens is 1. The van der Waals surface area contributed by atoms with Crippen LogP contribution in [-0.4, -0.2) is 20.6 Å². The van der Waals surface area contributed by atoms with E-state index in [4.69, 9.17) is 5.73 Å². The summed E-state index contributed by atoms with van der Waals surface area (Å²) in [4.78, 5) is 2.09. The monoisotopic (exact) mass is 256 g/mol. The highest BCUT2D eigenvalue weighted by Gasteiger charge is 2.07. The van der Waals surface area contributed by atoms with Gasteiger partial charge in [0.05, 0.1) is 5.69 Å². The molecule has 0 aliphatic rings. The Bertz CT molecular complexity index is 310. The molecular weight excluding hydrogens is 240 g/mol. The Morgan fingerprint density at radius 2 is 2.07 bits per heavy atom. The lowest BCUT2D eigenvalue weighted by atomic mass is 10.0. The van der Waals surface area contributed by atoms with Crippen LogP contribution in [0.3, 0.4) is 0 Å². The second-order valence-electron chi connectivity index (χ2n) is 3.74. The van der Waals surface area contributed by atoms with Gasteiger partial charge in [-0.15, -0.1) is 0 Å². The van der Waals surface area contributed by atoms with E-state index < -0.39 is 0 Å². The molecule has 2 N–H and O–H groups in total. The average molecular weight is 257 g/mol. The first kappa shape index (κ1) is 11.5. The van der Waals surface area contributed by atoms with E-state index in [9.17, 15) is 0 Å². The maximum Gasteiger partial charge on any atom is 0.0508 e. The van der Waals surface area contributed by atoms with Crippen molar-refractivity contribution in [2.24, 2.45) is 5.73 Å². The fraction of sp³-hybridized carbons (Fsp3) is 0.455. The van der Waals surface area contributed by atoms with Crippen LogP contribution in [0.25, 0.3) is 0 Å². The first-order valence-corrected chi connectivity index (χ1v) is 5.52. The van der Waals surface area contributed by atoms with Crippen LogP contribution in [0.5, 0.6) is 0 Å². The van der Waals surface area contributed by atoms with Crippen LogP contribution in [0.4, 0.5) is 5.69 Å². The van der Waals surface area contributed by atoms with E-state index in [0.29, 0.717) is 12.5 Å². The molecule has 0 spiro atoms. The maximum absolute atomic E-state index is 5.64. The summed E-state index contributed by atoms with van der Waals surface area (Å²) in [5.74, 6) is 0.418. The fourth-order valence-electron chi connectivity index (χ4n) is 1.32. The first-order valence-electron chi connectivity index (χ1n) is 4.73. The molecule has 0 amide bonds. The molecule has 0 bridgehead atoms. The second kappa shape index (κ2) is 4.80. The summed E-state index contributed by atoms with van der Waals surface area (Å²) >= 11 is 3.53. The molecule has 1 atom stereocenters. The molecule has 0 heterocycles. The van der Waals surface area contributed by atoms with Crippen LogP contribution in [0.1, 0.15) is 18.4 Å². The number of hydrogen-bond acceptors (Lipinski definition) is 2. The summed E-state index contributed by atoms with van der Waals surface area (Å²) in [6.07, 6.45) is 0. The van der Waals surface area contributed by atoms with E-state index >= 15 is 0 Å². The standard InChI is InChI=1S/C11H17BrN2/c1-8(7-13)9-4-5-10(12)11(6-9)14(2)3/h4-6,8H,7,13H2,1-3H3. The Morgan fingerprint density at radius 1 is 1.43 bits per heavy atom. The summed E-state index contributed by atoms with van der Waals surface area (Å²) in [6.45, 7) is 2.83. The average Bonchev–Trinajstić information content (AvgIpc) is 2.17. The molecule has 0 fully saturated rings. The molecule has 2 nitrogen and oxygen atoms in total. The summed E-state index contributed by atoms with van der Waals surface area (Å²) in [5.41, 5.74) is 8.13. The molecule has 0 aliphatic heterocycles. The second-order valence-corrected chi connectivity index (χ2v) is 4.60. The lowest BCUT2D eigenvalue weighted by molar-refractivity contribution is 0.773. The van der Waals surface area contributed by atoms with Gasteiger partial charge < -0.3 is 10.6 Å². The molecule has 1 unspecified atom stereocenters. The van der Waals surface area contributed by atoms with Gasteiger partial charge >= 0.3 is 0 Å². The van der Waals surface area contributed by atoms with Crippen molar-refractivity contribution in [3.05, 3.63) is 28.2 Å². The first-order chi connectivity index (χ1) is 6.56. The number of hydrogen-bond donors (Lipinski definition) is 1. The van der Waals surface area contributed by atoms with Crippen molar-refractivity contribution in [1.29, 1.82) is 0 Å². The van der Waals surface area contributed by atoms with Crippen molar-refractivity contribution < 1.29 is 0 Å². The Hall–Kier alpha value is -0.540. The summed E-state index contributed by atoms with van der Waals surface area (Å²) in [5, 5.41) is 0. The highest BCUT2D eigenvalue weighted by molar-refractivity contribution is 9.10. The van der Waals surface area contributed by atoms with Crippen LogP contribution >= 0.6 is 15.9 Å². The van der Waals surface area contributed by atoms with Gasteiger partial charge in [-0.05, 0) is 46.1 Å². The number of nitrogens with two attached hydrogens (primary N) is 1. The molecular formula is C11H17BrN2. The van der Waals surface area contributed by atoms with Gasteiger partial charge in [-0.3, -0.25) is 0 Å². The normalized spacial score (nSPS) is 12.6. The third-order valence-electron chi connectivity index (χ3n) is 2.37. The van der Waals surface area contributed by atoms with E-state index in [0.717, 1.165) is 4.47 Å². The zero-order valence-electron chi connectivity index (χ0n) is 8.92. The summed E-state index contributed by atoms with van der Waals surface area (Å²) in [7, 11) is 4.08. The quantitative estimate of drug-likeness (QED) is 0.901. The Balaban J connectivity index is 3.06. The van der Waals surface area contributed by atoms with Crippen LogP contribution in [-0.2, 0) is 0 Å². The maximum atomic E-state index is 5.64. The van der Waals surface area contributed by atoms with Crippen LogP contribution in [0.15, 0.2) is 22.7 Å².